The highest BCUT2D eigenvalue weighted by molar-refractivity contribution is 9.10. The molecule has 2 aromatic rings. The first-order chi connectivity index (χ1) is 7.75. The first-order valence-corrected chi connectivity index (χ1v) is 6.72. The number of aliphatic hydroxyl groups excluding tert-OH is 1. The summed E-state index contributed by atoms with van der Waals surface area (Å²) in [5.74, 6) is 0. The lowest BCUT2D eigenvalue weighted by molar-refractivity contribution is 0.176. The summed E-state index contributed by atoms with van der Waals surface area (Å²) in [7, 11) is 0. The Morgan fingerprint density at radius 3 is 2.88 bits per heavy atom. The predicted octanol–water partition coefficient (Wildman–Crippen LogP) is 3.05. The summed E-state index contributed by atoms with van der Waals surface area (Å²) in [4.78, 5) is 5.23. The van der Waals surface area contributed by atoms with E-state index in [4.69, 9.17) is 0 Å². The van der Waals surface area contributed by atoms with Crippen LogP contribution in [0.15, 0.2) is 40.4 Å². The Labute approximate surface area is 107 Å². The third kappa shape index (κ3) is 3.14. The Kier molecular flexibility index (Phi) is 4.09. The monoisotopic (exact) mass is 297 g/mol. The van der Waals surface area contributed by atoms with E-state index in [1.54, 1.807) is 23.7 Å². The number of halogens is 1. The summed E-state index contributed by atoms with van der Waals surface area (Å²) in [6.45, 7) is 0. The van der Waals surface area contributed by atoms with Crippen molar-refractivity contribution in [2.24, 2.45) is 0 Å². The fourth-order valence-electron chi connectivity index (χ4n) is 1.55. The molecule has 0 aliphatic heterocycles. The Hall–Kier alpha value is -0.710. The number of thiophene rings is 1. The molecule has 2 heterocycles. The van der Waals surface area contributed by atoms with Crippen molar-refractivity contribution >= 4 is 27.3 Å². The van der Waals surface area contributed by atoms with E-state index in [9.17, 15) is 5.11 Å². The maximum atomic E-state index is 9.96. The molecule has 0 saturated heterocycles. The zero-order chi connectivity index (χ0) is 11.4. The van der Waals surface area contributed by atoms with Crippen molar-refractivity contribution in [2.45, 2.75) is 18.9 Å². The third-order valence-corrected chi connectivity index (χ3v) is 4.25. The molecule has 0 bridgehead atoms. The van der Waals surface area contributed by atoms with Gasteiger partial charge in [-0.3, -0.25) is 4.98 Å². The van der Waals surface area contributed by atoms with E-state index in [-0.39, 0.29) is 6.10 Å². The van der Waals surface area contributed by atoms with Crippen LogP contribution in [-0.2, 0) is 12.8 Å². The molecule has 0 spiro atoms. The maximum Gasteiger partial charge on any atom is 0.0629 e. The van der Waals surface area contributed by atoms with Gasteiger partial charge in [-0.1, -0.05) is 6.07 Å². The summed E-state index contributed by atoms with van der Waals surface area (Å²) in [5, 5.41) is 12.0. The molecule has 0 amide bonds. The van der Waals surface area contributed by atoms with Crippen molar-refractivity contribution < 1.29 is 5.11 Å². The van der Waals surface area contributed by atoms with E-state index in [0.29, 0.717) is 12.8 Å². The molecule has 2 nitrogen and oxygen atoms in total. The second-order valence-corrected chi connectivity index (χ2v) is 5.47. The highest BCUT2D eigenvalue weighted by Gasteiger charge is 2.10. The van der Waals surface area contributed by atoms with Gasteiger partial charge in [-0.05, 0) is 39.0 Å². The topological polar surface area (TPSA) is 33.1 Å². The van der Waals surface area contributed by atoms with Crippen molar-refractivity contribution in [3.63, 3.8) is 0 Å². The average molecular weight is 298 g/mol. The smallest absolute Gasteiger partial charge is 0.0629 e. The van der Waals surface area contributed by atoms with E-state index in [1.807, 2.05) is 23.6 Å². The summed E-state index contributed by atoms with van der Waals surface area (Å²) < 4.78 is 1.09. The average Bonchev–Trinajstić information content (AvgIpc) is 2.66. The number of rotatable bonds is 4. The first kappa shape index (κ1) is 11.8. The minimum atomic E-state index is -0.348. The first-order valence-electron chi connectivity index (χ1n) is 5.04. The van der Waals surface area contributed by atoms with Gasteiger partial charge in [-0.25, -0.2) is 0 Å². The molecular formula is C12H12BrNOS. The predicted molar refractivity (Wildman–Crippen MR) is 69.7 cm³/mol. The third-order valence-electron chi connectivity index (χ3n) is 2.31. The van der Waals surface area contributed by atoms with Crippen LogP contribution in [0.25, 0.3) is 0 Å². The summed E-state index contributed by atoms with van der Waals surface area (Å²) in [5.41, 5.74) is 1.07. The van der Waals surface area contributed by atoms with Gasteiger partial charge in [-0.15, -0.1) is 11.3 Å². The van der Waals surface area contributed by atoms with Crippen LogP contribution in [-0.4, -0.2) is 16.2 Å². The lowest BCUT2D eigenvalue weighted by Gasteiger charge is -2.09. The van der Waals surface area contributed by atoms with Crippen LogP contribution in [0.5, 0.6) is 0 Å². The summed E-state index contributed by atoms with van der Waals surface area (Å²) >= 11 is 5.13. The molecule has 0 radical (unpaired) electrons. The van der Waals surface area contributed by atoms with Gasteiger partial charge in [0.15, 0.2) is 0 Å². The molecule has 0 saturated carbocycles. The molecule has 84 valence electrons. The molecule has 1 atom stereocenters. The maximum absolute atomic E-state index is 9.96. The second kappa shape index (κ2) is 5.57. The fraction of sp³-hybridized carbons (Fsp3) is 0.250. The van der Waals surface area contributed by atoms with Crippen LogP contribution in [0.1, 0.15) is 10.4 Å². The largest absolute Gasteiger partial charge is 0.392 e. The van der Waals surface area contributed by atoms with Gasteiger partial charge in [0.25, 0.3) is 0 Å². The van der Waals surface area contributed by atoms with E-state index in [2.05, 4.69) is 20.9 Å². The van der Waals surface area contributed by atoms with Gasteiger partial charge in [-0.2, -0.15) is 0 Å². The molecule has 16 heavy (non-hydrogen) atoms. The van der Waals surface area contributed by atoms with Gasteiger partial charge in [0.05, 0.1) is 6.10 Å². The molecule has 4 heteroatoms. The van der Waals surface area contributed by atoms with Gasteiger partial charge < -0.3 is 5.11 Å². The van der Waals surface area contributed by atoms with E-state index in [1.165, 1.54) is 4.88 Å². The van der Waals surface area contributed by atoms with Crippen molar-refractivity contribution in [1.29, 1.82) is 0 Å². The van der Waals surface area contributed by atoms with Gasteiger partial charge in [0.1, 0.15) is 0 Å². The molecule has 1 N–H and O–H groups in total. The zero-order valence-electron chi connectivity index (χ0n) is 8.64. The summed E-state index contributed by atoms with van der Waals surface area (Å²) in [6, 6.07) is 5.89. The summed E-state index contributed by atoms with van der Waals surface area (Å²) in [6.07, 6.45) is 4.53. The zero-order valence-corrected chi connectivity index (χ0v) is 11.0. The Morgan fingerprint density at radius 1 is 1.38 bits per heavy atom. The Balaban J connectivity index is 1.95. The van der Waals surface area contributed by atoms with E-state index in [0.717, 1.165) is 10.0 Å². The molecule has 0 aromatic carbocycles. The van der Waals surface area contributed by atoms with Gasteiger partial charge in [0.2, 0.25) is 0 Å². The molecule has 1 unspecified atom stereocenters. The number of pyridine rings is 1. The van der Waals surface area contributed by atoms with Gasteiger partial charge in [0, 0.05) is 34.6 Å². The van der Waals surface area contributed by atoms with Crippen LogP contribution in [0.4, 0.5) is 0 Å². The van der Waals surface area contributed by atoms with Crippen LogP contribution >= 0.6 is 27.3 Å². The minimum absolute atomic E-state index is 0.348. The van der Waals surface area contributed by atoms with Crippen molar-refractivity contribution in [2.75, 3.05) is 0 Å². The number of hydrogen-bond donors (Lipinski definition) is 1. The molecule has 0 fully saturated rings. The Morgan fingerprint density at radius 2 is 2.25 bits per heavy atom. The fourth-order valence-corrected chi connectivity index (χ4v) is 3.13. The van der Waals surface area contributed by atoms with Crippen LogP contribution in [0, 0.1) is 0 Å². The highest BCUT2D eigenvalue weighted by Crippen LogP contribution is 2.24. The van der Waals surface area contributed by atoms with Gasteiger partial charge >= 0.3 is 0 Å². The standard InChI is InChI=1S/C12H12BrNOS/c13-11-3-5-16-12(11)7-10(15)6-9-2-1-4-14-8-9/h1-5,8,10,15H,6-7H2. The lowest BCUT2D eigenvalue weighted by atomic mass is 10.1. The van der Waals surface area contributed by atoms with Crippen LogP contribution < -0.4 is 0 Å². The minimum Gasteiger partial charge on any atom is -0.392 e. The van der Waals surface area contributed by atoms with E-state index >= 15 is 0 Å². The van der Waals surface area contributed by atoms with E-state index < -0.39 is 0 Å². The number of nitrogens with zero attached hydrogens (tertiary/aromatic N) is 1. The molecule has 2 rings (SSSR count). The number of aliphatic hydroxyl groups is 1. The van der Waals surface area contributed by atoms with Crippen molar-refractivity contribution in [3.05, 3.63) is 50.9 Å². The normalized spacial score (nSPS) is 12.6. The Bertz CT molecular complexity index is 443. The number of hydrogen-bond acceptors (Lipinski definition) is 3. The molecule has 2 aromatic heterocycles. The van der Waals surface area contributed by atoms with Crippen molar-refractivity contribution in [1.82, 2.24) is 4.98 Å². The van der Waals surface area contributed by atoms with Crippen LogP contribution in [0.2, 0.25) is 0 Å². The molecule has 0 aliphatic carbocycles. The van der Waals surface area contributed by atoms with Crippen LogP contribution in [0.3, 0.4) is 0 Å². The molecular weight excluding hydrogens is 286 g/mol. The lowest BCUT2D eigenvalue weighted by Crippen LogP contribution is -2.13. The molecule has 0 aliphatic rings. The highest BCUT2D eigenvalue weighted by atomic mass is 79.9. The SMILES string of the molecule is OC(Cc1cccnc1)Cc1sccc1Br. The second-order valence-electron chi connectivity index (χ2n) is 3.62. The quantitative estimate of drug-likeness (QED) is 0.941. The number of aromatic nitrogens is 1. The van der Waals surface area contributed by atoms with Crippen molar-refractivity contribution in [3.8, 4) is 0 Å².